The lowest BCUT2D eigenvalue weighted by molar-refractivity contribution is -0.148. The average Bonchev–Trinajstić information content (AvgIpc) is 2.54. The predicted octanol–water partition coefficient (Wildman–Crippen LogP) is 2.85. The Kier molecular flexibility index (Phi) is 8.54. The van der Waals surface area contributed by atoms with E-state index in [1.807, 2.05) is 0 Å². The van der Waals surface area contributed by atoms with Crippen molar-refractivity contribution in [1.82, 2.24) is 0 Å². The highest BCUT2D eigenvalue weighted by atomic mass is 16.4. The van der Waals surface area contributed by atoms with Crippen LogP contribution in [0.5, 0.6) is 0 Å². The smallest absolute Gasteiger partial charge is 0.306 e. The lowest BCUT2D eigenvalue weighted by Crippen LogP contribution is -2.30. The van der Waals surface area contributed by atoms with Crippen molar-refractivity contribution in [3.63, 3.8) is 0 Å². The van der Waals surface area contributed by atoms with Gasteiger partial charge in [-0.2, -0.15) is 0 Å². The van der Waals surface area contributed by atoms with Gasteiger partial charge in [0.05, 0.1) is 24.7 Å². The molecule has 2 aliphatic carbocycles. The maximum Gasteiger partial charge on any atom is 0.306 e. The molecular weight excluding hydrogens is 344 g/mol. The number of carboxylic acid groups (broad SMARTS) is 4. The minimum absolute atomic E-state index is 0.000694. The van der Waals surface area contributed by atoms with E-state index in [0.29, 0.717) is 25.7 Å². The molecule has 2 rings (SSSR count). The fourth-order valence-corrected chi connectivity index (χ4v) is 3.95. The molecule has 8 nitrogen and oxygen atoms in total. The lowest BCUT2D eigenvalue weighted by Gasteiger charge is -2.34. The van der Waals surface area contributed by atoms with Crippen LogP contribution >= 0.6 is 0 Å². The highest BCUT2D eigenvalue weighted by Gasteiger charge is 2.36. The van der Waals surface area contributed by atoms with Crippen LogP contribution in [0.15, 0.2) is 0 Å². The van der Waals surface area contributed by atoms with Crippen LogP contribution in [-0.4, -0.2) is 44.3 Å². The molecule has 148 valence electrons. The first-order chi connectivity index (χ1) is 12.1. The van der Waals surface area contributed by atoms with Crippen molar-refractivity contribution in [3.05, 3.63) is 0 Å². The fourth-order valence-electron chi connectivity index (χ4n) is 3.95. The second-order valence-electron chi connectivity index (χ2n) is 7.43. The molecule has 0 atom stereocenters. The third-order valence-electron chi connectivity index (χ3n) is 5.39. The van der Waals surface area contributed by atoms with Crippen molar-refractivity contribution < 1.29 is 39.6 Å². The summed E-state index contributed by atoms with van der Waals surface area (Å²) >= 11 is 0. The van der Waals surface area contributed by atoms with Gasteiger partial charge in [-0.15, -0.1) is 0 Å². The highest BCUT2D eigenvalue weighted by molar-refractivity contribution is 5.73. The SMILES string of the molecule is O=C(O)C1CCC(C(=O)O)CC1.O=C(O)CC1(CC(=O)O)CCCCC1. The molecule has 0 aromatic heterocycles. The quantitative estimate of drug-likeness (QED) is 0.556. The Morgan fingerprint density at radius 1 is 0.654 bits per heavy atom. The van der Waals surface area contributed by atoms with E-state index in [9.17, 15) is 19.2 Å². The van der Waals surface area contributed by atoms with Crippen LogP contribution in [0.4, 0.5) is 0 Å². The summed E-state index contributed by atoms with van der Waals surface area (Å²) in [5, 5.41) is 34.7. The summed E-state index contributed by atoms with van der Waals surface area (Å²) in [5.41, 5.74) is -0.476. The summed E-state index contributed by atoms with van der Waals surface area (Å²) in [7, 11) is 0. The molecule has 2 saturated carbocycles. The molecule has 0 radical (unpaired) electrons. The molecule has 0 aromatic carbocycles. The molecule has 0 aromatic rings. The third kappa shape index (κ3) is 7.41. The number of aliphatic carboxylic acids is 4. The van der Waals surface area contributed by atoms with Gasteiger partial charge in [0.25, 0.3) is 0 Å². The van der Waals surface area contributed by atoms with Crippen molar-refractivity contribution in [1.29, 1.82) is 0 Å². The van der Waals surface area contributed by atoms with E-state index in [0.717, 1.165) is 32.1 Å². The van der Waals surface area contributed by atoms with Crippen LogP contribution < -0.4 is 0 Å². The van der Waals surface area contributed by atoms with E-state index in [1.54, 1.807) is 0 Å². The summed E-state index contributed by atoms with van der Waals surface area (Å²) in [6, 6.07) is 0. The van der Waals surface area contributed by atoms with Crippen molar-refractivity contribution in [2.75, 3.05) is 0 Å². The van der Waals surface area contributed by atoms with Gasteiger partial charge in [0.1, 0.15) is 0 Å². The minimum atomic E-state index is -0.881. The Bertz CT molecular complexity index is 473. The molecule has 2 aliphatic rings. The molecule has 26 heavy (non-hydrogen) atoms. The van der Waals surface area contributed by atoms with E-state index >= 15 is 0 Å². The largest absolute Gasteiger partial charge is 0.481 e. The molecule has 8 heteroatoms. The molecule has 0 aliphatic heterocycles. The molecule has 0 spiro atoms. The monoisotopic (exact) mass is 372 g/mol. The van der Waals surface area contributed by atoms with Crippen LogP contribution in [0.2, 0.25) is 0 Å². The van der Waals surface area contributed by atoms with E-state index in [4.69, 9.17) is 20.4 Å². The van der Waals surface area contributed by atoms with E-state index < -0.39 is 29.3 Å². The van der Waals surface area contributed by atoms with Gasteiger partial charge in [-0.25, -0.2) is 0 Å². The normalized spacial score (nSPS) is 24.6. The second-order valence-corrected chi connectivity index (χ2v) is 7.43. The number of hydrogen-bond donors (Lipinski definition) is 4. The third-order valence-corrected chi connectivity index (χ3v) is 5.39. The standard InChI is InChI=1S/C10H16O4.C8H12O4/c11-8(12)6-10(7-9(13)14)4-2-1-3-5-10;9-7(10)5-1-2-6(4-3-5)8(11)12/h1-7H2,(H,11,12)(H,13,14);5-6H,1-4H2,(H,9,10)(H,11,12). The number of carbonyl (C=O) groups is 4. The molecule has 0 unspecified atom stereocenters. The van der Waals surface area contributed by atoms with Crippen LogP contribution in [-0.2, 0) is 19.2 Å². The fraction of sp³-hybridized carbons (Fsp3) is 0.778. The Morgan fingerprint density at radius 2 is 1.00 bits per heavy atom. The molecule has 2 fully saturated rings. The topological polar surface area (TPSA) is 149 Å². The van der Waals surface area contributed by atoms with Gasteiger partial charge >= 0.3 is 23.9 Å². The van der Waals surface area contributed by atoms with Gasteiger partial charge in [-0.1, -0.05) is 19.3 Å². The summed E-state index contributed by atoms with van der Waals surface area (Å²) in [6.45, 7) is 0. The zero-order chi connectivity index (χ0) is 19.7. The van der Waals surface area contributed by atoms with Gasteiger partial charge in [0.15, 0.2) is 0 Å². The van der Waals surface area contributed by atoms with E-state index in [1.165, 1.54) is 0 Å². The maximum absolute atomic E-state index is 10.7. The molecule has 4 N–H and O–H groups in total. The van der Waals surface area contributed by atoms with Crippen molar-refractivity contribution in [2.24, 2.45) is 17.3 Å². The molecule has 0 saturated heterocycles. The summed E-state index contributed by atoms with van der Waals surface area (Å²) in [5.74, 6) is -3.99. The minimum Gasteiger partial charge on any atom is -0.481 e. The van der Waals surface area contributed by atoms with Gasteiger partial charge < -0.3 is 20.4 Å². The Morgan fingerprint density at radius 3 is 1.27 bits per heavy atom. The first-order valence-electron chi connectivity index (χ1n) is 9.04. The first kappa shape index (κ1) is 21.9. The summed E-state index contributed by atoms with van der Waals surface area (Å²) in [6.07, 6.45) is 6.52. The van der Waals surface area contributed by atoms with E-state index in [2.05, 4.69) is 0 Å². The molecule has 0 heterocycles. The number of hydrogen-bond acceptors (Lipinski definition) is 4. The second kappa shape index (κ2) is 10.1. The average molecular weight is 372 g/mol. The van der Waals surface area contributed by atoms with Crippen molar-refractivity contribution >= 4 is 23.9 Å². The first-order valence-corrected chi connectivity index (χ1v) is 9.04. The summed E-state index contributed by atoms with van der Waals surface area (Å²) in [4.78, 5) is 42.3. The lowest BCUT2D eigenvalue weighted by atomic mass is 9.70. The van der Waals surface area contributed by atoms with Gasteiger partial charge in [0, 0.05) is 0 Å². The van der Waals surface area contributed by atoms with Gasteiger partial charge in [-0.05, 0) is 43.9 Å². The zero-order valence-corrected chi connectivity index (χ0v) is 14.9. The van der Waals surface area contributed by atoms with Crippen LogP contribution in [0, 0.1) is 17.3 Å². The summed E-state index contributed by atoms with van der Waals surface area (Å²) < 4.78 is 0. The molecule has 0 amide bonds. The molecule has 0 bridgehead atoms. The maximum atomic E-state index is 10.7. The number of rotatable bonds is 6. The molecular formula is C18H28O8. The van der Waals surface area contributed by atoms with Crippen molar-refractivity contribution in [3.8, 4) is 0 Å². The predicted molar refractivity (Wildman–Crippen MR) is 90.7 cm³/mol. The van der Waals surface area contributed by atoms with E-state index in [-0.39, 0.29) is 24.7 Å². The van der Waals surface area contributed by atoms with Gasteiger partial charge in [-0.3, -0.25) is 19.2 Å². The Hall–Kier alpha value is -2.12. The Balaban J connectivity index is 0.000000263. The van der Waals surface area contributed by atoms with Crippen LogP contribution in [0.1, 0.15) is 70.6 Å². The number of carboxylic acids is 4. The Labute approximate surface area is 152 Å². The van der Waals surface area contributed by atoms with Crippen molar-refractivity contribution in [2.45, 2.75) is 70.6 Å². The zero-order valence-electron chi connectivity index (χ0n) is 14.9. The highest BCUT2D eigenvalue weighted by Crippen LogP contribution is 2.42. The van der Waals surface area contributed by atoms with Gasteiger partial charge in [0.2, 0.25) is 0 Å². The van der Waals surface area contributed by atoms with Crippen LogP contribution in [0.3, 0.4) is 0 Å². The van der Waals surface area contributed by atoms with Crippen LogP contribution in [0.25, 0.3) is 0 Å².